The SMILES string of the molecule is CC1(C)C(N)CC1Nc1ccncc1Br. The lowest BCUT2D eigenvalue weighted by Gasteiger charge is -2.51. The van der Waals surface area contributed by atoms with Gasteiger partial charge in [-0.15, -0.1) is 0 Å². The summed E-state index contributed by atoms with van der Waals surface area (Å²) < 4.78 is 1.00. The van der Waals surface area contributed by atoms with Gasteiger partial charge in [0.05, 0.1) is 10.2 Å². The second kappa shape index (κ2) is 3.76. The molecule has 0 aliphatic heterocycles. The normalized spacial score (nSPS) is 28.3. The number of nitrogens with two attached hydrogens (primary N) is 1. The minimum absolute atomic E-state index is 0.169. The van der Waals surface area contributed by atoms with Crippen LogP contribution in [0.3, 0.4) is 0 Å². The Kier molecular flexibility index (Phi) is 2.73. The molecule has 0 saturated heterocycles. The van der Waals surface area contributed by atoms with Crippen LogP contribution in [-0.4, -0.2) is 17.1 Å². The summed E-state index contributed by atoms with van der Waals surface area (Å²) in [6.07, 6.45) is 4.62. The fraction of sp³-hybridized carbons (Fsp3) is 0.545. The number of hydrogen-bond donors (Lipinski definition) is 2. The number of halogens is 1. The lowest BCUT2D eigenvalue weighted by Crippen LogP contribution is -2.61. The number of hydrogen-bond acceptors (Lipinski definition) is 3. The summed E-state index contributed by atoms with van der Waals surface area (Å²) in [5.41, 5.74) is 7.24. The van der Waals surface area contributed by atoms with E-state index < -0.39 is 0 Å². The first-order valence-corrected chi connectivity index (χ1v) is 5.92. The molecule has 1 aliphatic rings. The van der Waals surface area contributed by atoms with Gasteiger partial charge in [-0.05, 0) is 28.4 Å². The molecule has 0 aromatic carbocycles. The van der Waals surface area contributed by atoms with Crippen molar-refractivity contribution in [2.24, 2.45) is 11.1 Å². The summed E-state index contributed by atoms with van der Waals surface area (Å²) in [7, 11) is 0. The highest BCUT2D eigenvalue weighted by Gasteiger charge is 2.46. The van der Waals surface area contributed by atoms with E-state index in [1.165, 1.54) is 0 Å². The first-order valence-electron chi connectivity index (χ1n) is 5.13. The van der Waals surface area contributed by atoms with Gasteiger partial charge in [-0.2, -0.15) is 0 Å². The molecule has 0 bridgehead atoms. The van der Waals surface area contributed by atoms with Crippen molar-refractivity contribution < 1.29 is 0 Å². The molecule has 1 fully saturated rings. The summed E-state index contributed by atoms with van der Waals surface area (Å²) >= 11 is 3.47. The molecular weight excluding hydrogens is 254 g/mol. The van der Waals surface area contributed by atoms with Crippen LogP contribution in [0.4, 0.5) is 5.69 Å². The van der Waals surface area contributed by atoms with Crippen molar-refractivity contribution in [3.05, 3.63) is 22.9 Å². The van der Waals surface area contributed by atoms with E-state index in [9.17, 15) is 0 Å². The number of nitrogens with zero attached hydrogens (tertiary/aromatic N) is 1. The van der Waals surface area contributed by atoms with Crippen molar-refractivity contribution >= 4 is 21.6 Å². The van der Waals surface area contributed by atoms with Crippen molar-refractivity contribution in [1.82, 2.24) is 4.98 Å². The number of anilines is 1. The Morgan fingerprint density at radius 3 is 2.87 bits per heavy atom. The quantitative estimate of drug-likeness (QED) is 0.867. The van der Waals surface area contributed by atoms with Crippen molar-refractivity contribution in [1.29, 1.82) is 0 Å². The molecule has 3 N–H and O–H groups in total. The molecule has 2 atom stereocenters. The van der Waals surface area contributed by atoms with Crippen molar-refractivity contribution in [2.75, 3.05) is 5.32 Å². The zero-order valence-corrected chi connectivity index (χ0v) is 10.6. The lowest BCUT2D eigenvalue weighted by molar-refractivity contribution is 0.117. The van der Waals surface area contributed by atoms with Gasteiger partial charge in [-0.25, -0.2) is 0 Å². The number of pyridine rings is 1. The van der Waals surface area contributed by atoms with Gasteiger partial charge in [0.15, 0.2) is 0 Å². The van der Waals surface area contributed by atoms with Gasteiger partial charge in [-0.1, -0.05) is 13.8 Å². The summed E-state index contributed by atoms with van der Waals surface area (Å²) in [6, 6.07) is 2.73. The average Bonchev–Trinajstić information content (AvgIpc) is 2.20. The fourth-order valence-corrected chi connectivity index (χ4v) is 2.25. The average molecular weight is 270 g/mol. The molecule has 1 aromatic heterocycles. The monoisotopic (exact) mass is 269 g/mol. The maximum absolute atomic E-state index is 5.97. The summed E-state index contributed by atoms with van der Waals surface area (Å²) in [6.45, 7) is 4.40. The predicted molar refractivity (Wildman–Crippen MR) is 65.7 cm³/mol. The Bertz CT molecular complexity index is 365. The molecule has 0 radical (unpaired) electrons. The Morgan fingerprint density at radius 1 is 1.60 bits per heavy atom. The molecule has 1 saturated carbocycles. The van der Waals surface area contributed by atoms with E-state index in [0.717, 1.165) is 16.6 Å². The van der Waals surface area contributed by atoms with E-state index in [0.29, 0.717) is 12.1 Å². The van der Waals surface area contributed by atoms with Crippen LogP contribution in [0.25, 0.3) is 0 Å². The Labute approximate surface area is 98.6 Å². The molecule has 2 rings (SSSR count). The molecular formula is C11H16BrN3. The zero-order chi connectivity index (χ0) is 11.1. The smallest absolute Gasteiger partial charge is 0.0590 e. The van der Waals surface area contributed by atoms with Gasteiger partial charge in [0.2, 0.25) is 0 Å². The Hall–Kier alpha value is -0.610. The number of rotatable bonds is 2. The van der Waals surface area contributed by atoms with Gasteiger partial charge in [0, 0.05) is 29.9 Å². The molecule has 4 heteroatoms. The standard InChI is InChI=1S/C11H16BrN3/c1-11(2)9(13)5-10(11)15-8-3-4-14-6-7(8)12/h3-4,6,9-10H,5,13H2,1-2H3,(H,14,15). The fourth-order valence-electron chi connectivity index (χ4n) is 1.88. The van der Waals surface area contributed by atoms with Gasteiger partial charge < -0.3 is 11.1 Å². The molecule has 2 unspecified atom stereocenters. The molecule has 1 aromatic rings. The molecule has 1 aliphatic carbocycles. The maximum Gasteiger partial charge on any atom is 0.0590 e. The lowest BCUT2D eigenvalue weighted by atomic mass is 9.63. The van der Waals surface area contributed by atoms with Crippen molar-refractivity contribution in [3.8, 4) is 0 Å². The maximum atomic E-state index is 5.97. The third kappa shape index (κ3) is 1.88. The second-order valence-electron chi connectivity index (χ2n) is 4.72. The zero-order valence-electron chi connectivity index (χ0n) is 9.00. The van der Waals surface area contributed by atoms with Crippen LogP contribution < -0.4 is 11.1 Å². The predicted octanol–water partition coefficient (Wildman–Crippen LogP) is 2.38. The first-order chi connectivity index (χ1) is 7.01. The van der Waals surface area contributed by atoms with E-state index >= 15 is 0 Å². The van der Waals surface area contributed by atoms with Crippen molar-refractivity contribution in [3.63, 3.8) is 0 Å². The largest absolute Gasteiger partial charge is 0.381 e. The van der Waals surface area contributed by atoms with E-state index in [1.807, 2.05) is 6.07 Å². The third-order valence-electron chi connectivity index (χ3n) is 3.45. The molecule has 0 spiro atoms. The van der Waals surface area contributed by atoms with Gasteiger partial charge in [0.25, 0.3) is 0 Å². The number of aromatic nitrogens is 1. The molecule has 82 valence electrons. The Balaban J connectivity index is 2.08. The van der Waals surface area contributed by atoms with Crippen LogP contribution >= 0.6 is 15.9 Å². The highest BCUT2D eigenvalue weighted by atomic mass is 79.9. The van der Waals surface area contributed by atoms with Gasteiger partial charge in [0.1, 0.15) is 0 Å². The Morgan fingerprint density at radius 2 is 2.33 bits per heavy atom. The highest BCUT2D eigenvalue weighted by Crippen LogP contribution is 2.41. The van der Waals surface area contributed by atoms with Crippen molar-refractivity contribution in [2.45, 2.75) is 32.4 Å². The summed E-state index contributed by atoms with van der Waals surface area (Å²) in [5.74, 6) is 0. The van der Waals surface area contributed by atoms with Crippen LogP contribution in [0.15, 0.2) is 22.9 Å². The van der Waals surface area contributed by atoms with Crippen LogP contribution in [0.2, 0.25) is 0 Å². The topological polar surface area (TPSA) is 50.9 Å². The minimum Gasteiger partial charge on any atom is -0.381 e. The van der Waals surface area contributed by atoms with Gasteiger partial charge >= 0.3 is 0 Å². The molecule has 3 nitrogen and oxygen atoms in total. The minimum atomic E-state index is 0.169. The van der Waals surface area contributed by atoms with Crippen LogP contribution in [-0.2, 0) is 0 Å². The van der Waals surface area contributed by atoms with E-state index in [2.05, 4.69) is 40.1 Å². The highest BCUT2D eigenvalue weighted by molar-refractivity contribution is 9.10. The van der Waals surface area contributed by atoms with Gasteiger partial charge in [-0.3, -0.25) is 4.98 Å². The summed E-state index contributed by atoms with van der Waals surface area (Å²) in [5, 5.41) is 3.50. The van der Waals surface area contributed by atoms with E-state index in [-0.39, 0.29) is 5.41 Å². The van der Waals surface area contributed by atoms with Crippen LogP contribution in [0.1, 0.15) is 20.3 Å². The second-order valence-corrected chi connectivity index (χ2v) is 5.57. The molecule has 1 heterocycles. The van der Waals surface area contributed by atoms with Crippen LogP contribution in [0, 0.1) is 5.41 Å². The molecule has 15 heavy (non-hydrogen) atoms. The van der Waals surface area contributed by atoms with Crippen LogP contribution in [0.5, 0.6) is 0 Å². The van der Waals surface area contributed by atoms with E-state index in [4.69, 9.17) is 5.73 Å². The third-order valence-corrected chi connectivity index (χ3v) is 4.08. The van der Waals surface area contributed by atoms with E-state index in [1.54, 1.807) is 12.4 Å². The number of nitrogens with one attached hydrogen (secondary N) is 1. The summed E-state index contributed by atoms with van der Waals surface area (Å²) in [4.78, 5) is 4.04. The first kappa shape index (κ1) is 10.9. The molecule has 0 amide bonds.